The summed E-state index contributed by atoms with van der Waals surface area (Å²) in [4.78, 5) is 4.39. The highest BCUT2D eigenvalue weighted by atomic mass is 32.2. The number of nitrogens with zero attached hydrogens (tertiary/aromatic N) is 6. The molecule has 0 amide bonds. The van der Waals surface area contributed by atoms with Crippen molar-refractivity contribution in [3.8, 4) is 6.07 Å². The van der Waals surface area contributed by atoms with Crippen molar-refractivity contribution in [1.29, 1.82) is 5.26 Å². The number of thiazole rings is 1. The first-order valence-electron chi connectivity index (χ1n) is 6.22. The number of aryl methyl sites for hydroxylation is 1. The van der Waals surface area contributed by atoms with Crippen LogP contribution in [0.25, 0.3) is 15.8 Å². The van der Waals surface area contributed by atoms with Crippen molar-refractivity contribution in [2.75, 3.05) is 5.75 Å². The number of aromatic nitrogens is 5. The summed E-state index contributed by atoms with van der Waals surface area (Å²) in [6, 6.07) is 9.64. The van der Waals surface area contributed by atoms with Crippen LogP contribution in [0, 0.1) is 11.3 Å². The number of para-hydroxylation sites is 1. The fourth-order valence-corrected chi connectivity index (χ4v) is 3.47. The van der Waals surface area contributed by atoms with Crippen LogP contribution in [0.2, 0.25) is 0 Å². The predicted octanol–water partition coefficient (Wildman–Crippen LogP) is 2.40. The zero-order valence-corrected chi connectivity index (χ0v) is 13.1. The third-order valence-electron chi connectivity index (χ3n) is 2.83. The van der Waals surface area contributed by atoms with Crippen molar-refractivity contribution in [2.24, 2.45) is 7.05 Å². The highest BCUT2D eigenvalue weighted by Gasteiger charge is 2.15. The first-order chi connectivity index (χ1) is 10.7. The average Bonchev–Trinajstić information content (AvgIpc) is 3.11. The van der Waals surface area contributed by atoms with Gasteiger partial charge in [-0.25, -0.2) is 9.67 Å². The van der Waals surface area contributed by atoms with Gasteiger partial charge in [0, 0.05) is 7.05 Å². The van der Waals surface area contributed by atoms with Crippen LogP contribution in [0.5, 0.6) is 0 Å². The summed E-state index contributed by atoms with van der Waals surface area (Å²) in [5.74, 6) is 0.169. The van der Waals surface area contributed by atoms with E-state index in [0.717, 1.165) is 10.2 Å². The van der Waals surface area contributed by atoms with Gasteiger partial charge in [-0.05, 0) is 22.6 Å². The molecule has 110 valence electrons. The molecular formula is C13H10N6OS2. The minimum atomic E-state index is -0.0328. The Bertz CT molecular complexity index is 858. The molecule has 0 aliphatic rings. The van der Waals surface area contributed by atoms with Gasteiger partial charge in [-0.2, -0.15) is 5.26 Å². The summed E-state index contributed by atoms with van der Waals surface area (Å²) in [5.41, 5.74) is 0.997. The Morgan fingerprint density at radius 3 is 2.95 bits per heavy atom. The maximum atomic E-state index is 10.2. The van der Waals surface area contributed by atoms with Crippen molar-refractivity contribution in [3.63, 3.8) is 0 Å². The smallest absolute Gasteiger partial charge is 0.209 e. The molecule has 0 unspecified atom stereocenters. The van der Waals surface area contributed by atoms with Crippen molar-refractivity contribution >= 4 is 38.9 Å². The predicted molar refractivity (Wildman–Crippen MR) is 84.3 cm³/mol. The Kier molecular flexibility index (Phi) is 4.04. The molecule has 2 aromatic heterocycles. The van der Waals surface area contributed by atoms with Gasteiger partial charge in [0.05, 0.1) is 16.0 Å². The number of rotatable bonds is 4. The van der Waals surface area contributed by atoms with E-state index in [-0.39, 0.29) is 17.1 Å². The highest BCUT2D eigenvalue weighted by molar-refractivity contribution is 7.99. The molecule has 3 aromatic rings. The summed E-state index contributed by atoms with van der Waals surface area (Å²) < 4.78 is 2.48. The number of hydrogen-bond donors (Lipinski definition) is 1. The van der Waals surface area contributed by atoms with Gasteiger partial charge in [0.25, 0.3) is 0 Å². The van der Waals surface area contributed by atoms with Crippen molar-refractivity contribution in [3.05, 3.63) is 35.0 Å². The summed E-state index contributed by atoms with van der Waals surface area (Å²) >= 11 is 2.63. The number of aliphatic hydroxyl groups excluding tert-OH is 1. The largest absolute Gasteiger partial charge is 0.510 e. The van der Waals surface area contributed by atoms with E-state index in [1.807, 2.05) is 30.3 Å². The fourth-order valence-electron chi connectivity index (χ4n) is 1.76. The van der Waals surface area contributed by atoms with Crippen LogP contribution < -0.4 is 0 Å². The van der Waals surface area contributed by atoms with Crippen LogP contribution in [-0.4, -0.2) is 36.1 Å². The van der Waals surface area contributed by atoms with Crippen LogP contribution in [0.3, 0.4) is 0 Å². The zero-order valence-electron chi connectivity index (χ0n) is 11.5. The number of allylic oxidation sites excluding steroid dienone is 1. The topological polar surface area (TPSA) is 101 Å². The number of benzene rings is 1. The molecule has 1 N–H and O–H groups in total. The quantitative estimate of drug-likeness (QED) is 0.445. The van der Waals surface area contributed by atoms with Crippen LogP contribution in [0.4, 0.5) is 0 Å². The van der Waals surface area contributed by atoms with E-state index >= 15 is 0 Å². The molecule has 0 radical (unpaired) electrons. The molecule has 0 saturated heterocycles. The van der Waals surface area contributed by atoms with E-state index in [0.29, 0.717) is 10.2 Å². The van der Waals surface area contributed by atoms with Gasteiger partial charge < -0.3 is 5.11 Å². The Balaban J connectivity index is 1.88. The number of tetrazole rings is 1. The van der Waals surface area contributed by atoms with Crippen LogP contribution >= 0.6 is 23.1 Å². The highest BCUT2D eigenvalue weighted by Crippen LogP contribution is 2.29. The van der Waals surface area contributed by atoms with Crippen molar-refractivity contribution in [1.82, 2.24) is 25.2 Å². The lowest BCUT2D eigenvalue weighted by Crippen LogP contribution is -1.97. The van der Waals surface area contributed by atoms with E-state index in [1.54, 1.807) is 7.05 Å². The van der Waals surface area contributed by atoms with Crippen LogP contribution in [0.1, 0.15) is 5.01 Å². The summed E-state index contributed by atoms with van der Waals surface area (Å²) in [6.45, 7) is 0. The molecule has 22 heavy (non-hydrogen) atoms. The second-order valence-corrected chi connectivity index (χ2v) is 6.27. The molecule has 0 spiro atoms. The Morgan fingerprint density at radius 2 is 2.27 bits per heavy atom. The maximum Gasteiger partial charge on any atom is 0.209 e. The SMILES string of the molecule is Cn1nnnc1SC/C(O)=C(\C#N)c1nc2ccccc2s1. The van der Waals surface area contributed by atoms with Gasteiger partial charge in [-0.3, -0.25) is 0 Å². The van der Waals surface area contributed by atoms with Crippen LogP contribution in [0.15, 0.2) is 35.2 Å². The lowest BCUT2D eigenvalue weighted by molar-refractivity contribution is 0.420. The zero-order chi connectivity index (χ0) is 15.5. The second-order valence-electron chi connectivity index (χ2n) is 4.29. The van der Waals surface area contributed by atoms with Crippen molar-refractivity contribution < 1.29 is 5.11 Å². The summed E-state index contributed by atoms with van der Waals surface area (Å²) in [7, 11) is 1.71. The number of aliphatic hydroxyl groups is 1. The molecule has 0 aliphatic heterocycles. The lowest BCUT2D eigenvalue weighted by atomic mass is 10.2. The molecule has 0 bridgehead atoms. The standard InChI is InChI=1S/C13H10N6OS2/c1-19-13(16-17-18-19)21-7-10(20)8(6-14)12-15-9-4-2-3-5-11(9)22-12/h2-5,20H,7H2,1H3/b10-8-. The first kappa shape index (κ1) is 14.5. The van der Waals surface area contributed by atoms with Gasteiger partial charge in [0.1, 0.15) is 22.4 Å². The minimum Gasteiger partial charge on any atom is -0.510 e. The monoisotopic (exact) mass is 330 g/mol. The molecule has 0 atom stereocenters. The van der Waals surface area contributed by atoms with Gasteiger partial charge in [0.2, 0.25) is 5.16 Å². The van der Waals surface area contributed by atoms with Gasteiger partial charge in [-0.15, -0.1) is 16.4 Å². The van der Waals surface area contributed by atoms with E-state index in [2.05, 4.69) is 20.5 Å². The fraction of sp³-hybridized carbons (Fsp3) is 0.154. The molecule has 0 fully saturated rings. The average molecular weight is 330 g/mol. The molecular weight excluding hydrogens is 320 g/mol. The summed E-state index contributed by atoms with van der Waals surface area (Å²) in [5, 5.41) is 31.7. The number of fused-ring (bicyclic) bond motifs is 1. The van der Waals surface area contributed by atoms with Gasteiger partial charge in [0.15, 0.2) is 0 Å². The van der Waals surface area contributed by atoms with Crippen molar-refractivity contribution in [2.45, 2.75) is 5.16 Å². The Labute approximate surface area is 133 Å². The Hall–Kier alpha value is -2.44. The number of nitriles is 1. The number of hydrogen-bond acceptors (Lipinski definition) is 8. The van der Waals surface area contributed by atoms with Gasteiger partial charge in [-0.1, -0.05) is 23.9 Å². The Morgan fingerprint density at radius 1 is 1.45 bits per heavy atom. The van der Waals surface area contributed by atoms with E-state index in [9.17, 15) is 10.4 Å². The lowest BCUT2D eigenvalue weighted by Gasteiger charge is -2.01. The van der Waals surface area contributed by atoms with E-state index < -0.39 is 0 Å². The molecule has 2 heterocycles. The molecule has 3 rings (SSSR count). The summed E-state index contributed by atoms with van der Waals surface area (Å²) in [6.07, 6.45) is 0. The molecule has 0 saturated carbocycles. The molecule has 1 aromatic carbocycles. The van der Waals surface area contributed by atoms with E-state index in [4.69, 9.17) is 0 Å². The molecule has 7 nitrogen and oxygen atoms in total. The van der Waals surface area contributed by atoms with Crippen LogP contribution in [-0.2, 0) is 7.05 Å². The number of thioether (sulfide) groups is 1. The molecule has 0 aliphatic carbocycles. The normalized spacial score (nSPS) is 12.2. The first-order valence-corrected chi connectivity index (χ1v) is 8.02. The second kappa shape index (κ2) is 6.13. The van der Waals surface area contributed by atoms with E-state index in [1.165, 1.54) is 27.8 Å². The third-order valence-corrected chi connectivity index (χ3v) is 4.90. The third kappa shape index (κ3) is 2.79. The van der Waals surface area contributed by atoms with Gasteiger partial charge >= 0.3 is 0 Å². The molecule has 9 heteroatoms. The minimum absolute atomic E-state index is 0.0328. The maximum absolute atomic E-state index is 10.2.